The number of benzene rings is 1. The molecule has 0 amide bonds. The second-order valence-electron chi connectivity index (χ2n) is 6.75. The molecule has 0 saturated carbocycles. The van der Waals surface area contributed by atoms with Gasteiger partial charge in [0.05, 0.1) is 19.3 Å². The molecule has 0 radical (unpaired) electrons. The highest BCUT2D eigenvalue weighted by Crippen LogP contribution is 2.13. The molecule has 0 bridgehead atoms. The van der Waals surface area contributed by atoms with E-state index in [-0.39, 0.29) is 0 Å². The van der Waals surface area contributed by atoms with E-state index in [1.807, 2.05) is 14.1 Å². The highest BCUT2D eigenvalue weighted by Gasteiger charge is 2.14. The SMILES string of the molecule is CCNC(=NCc1ccc(N(C)C)cc1)NCCCOCC1CCCO1. The zero-order valence-corrected chi connectivity index (χ0v) is 16.5. The van der Waals surface area contributed by atoms with Crippen molar-refractivity contribution >= 4 is 11.6 Å². The number of hydrogen-bond acceptors (Lipinski definition) is 4. The Kier molecular flexibility index (Phi) is 9.28. The van der Waals surface area contributed by atoms with Gasteiger partial charge in [-0.25, -0.2) is 4.99 Å². The van der Waals surface area contributed by atoms with Crippen molar-refractivity contribution in [2.24, 2.45) is 4.99 Å². The third kappa shape index (κ3) is 7.62. The van der Waals surface area contributed by atoms with E-state index in [4.69, 9.17) is 9.47 Å². The van der Waals surface area contributed by atoms with Crippen LogP contribution in [-0.2, 0) is 16.0 Å². The molecule has 1 aromatic rings. The summed E-state index contributed by atoms with van der Waals surface area (Å²) < 4.78 is 11.2. The second-order valence-corrected chi connectivity index (χ2v) is 6.75. The normalized spacial score (nSPS) is 17.3. The van der Waals surface area contributed by atoms with E-state index in [9.17, 15) is 0 Å². The third-order valence-electron chi connectivity index (χ3n) is 4.30. The van der Waals surface area contributed by atoms with Gasteiger partial charge in [-0.3, -0.25) is 0 Å². The van der Waals surface area contributed by atoms with Crippen molar-refractivity contribution < 1.29 is 9.47 Å². The van der Waals surface area contributed by atoms with E-state index in [1.165, 1.54) is 11.3 Å². The standard InChI is InChI=1S/C20H34N4O2/c1-4-21-20(22-12-6-13-25-16-19-7-5-14-26-19)23-15-17-8-10-18(11-9-17)24(2)3/h8-11,19H,4-7,12-16H2,1-3H3,(H2,21,22,23). The van der Waals surface area contributed by atoms with Crippen LogP contribution in [0.25, 0.3) is 0 Å². The summed E-state index contributed by atoms with van der Waals surface area (Å²) in [5.74, 6) is 0.850. The van der Waals surface area contributed by atoms with Crippen molar-refractivity contribution in [2.45, 2.75) is 38.8 Å². The number of nitrogens with zero attached hydrogens (tertiary/aromatic N) is 2. The zero-order valence-electron chi connectivity index (χ0n) is 16.5. The Morgan fingerprint density at radius 1 is 1.27 bits per heavy atom. The number of ether oxygens (including phenoxy) is 2. The molecule has 0 aliphatic carbocycles. The molecule has 1 aromatic carbocycles. The molecule has 1 aliphatic heterocycles. The van der Waals surface area contributed by atoms with Crippen LogP contribution in [0.5, 0.6) is 0 Å². The highest BCUT2D eigenvalue weighted by atomic mass is 16.5. The van der Waals surface area contributed by atoms with Crippen molar-refractivity contribution in [1.82, 2.24) is 10.6 Å². The quantitative estimate of drug-likeness (QED) is 0.380. The molecule has 0 spiro atoms. The molecule has 1 aliphatic rings. The molecular weight excluding hydrogens is 328 g/mol. The molecule has 26 heavy (non-hydrogen) atoms. The van der Waals surface area contributed by atoms with Crippen LogP contribution >= 0.6 is 0 Å². The summed E-state index contributed by atoms with van der Waals surface area (Å²) in [5, 5.41) is 6.66. The minimum Gasteiger partial charge on any atom is -0.379 e. The molecule has 2 N–H and O–H groups in total. The fourth-order valence-corrected chi connectivity index (χ4v) is 2.78. The molecule has 6 heteroatoms. The number of rotatable bonds is 10. The molecule has 1 atom stereocenters. The summed E-state index contributed by atoms with van der Waals surface area (Å²) >= 11 is 0. The minimum absolute atomic E-state index is 0.306. The third-order valence-corrected chi connectivity index (χ3v) is 4.30. The number of anilines is 1. The van der Waals surface area contributed by atoms with Gasteiger partial charge < -0.3 is 25.0 Å². The average molecular weight is 363 g/mol. The topological polar surface area (TPSA) is 58.1 Å². The van der Waals surface area contributed by atoms with Gasteiger partial charge in [-0.15, -0.1) is 0 Å². The molecule has 1 unspecified atom stereocenters. The molecule has 0 aromatic heterocycles. The van der Waals surface area contributed by atoms with Gasteiger partial charge in [0.2, 0.25) is 0 Å². The van der Waals surface area contributed by atoms with Crippen molar-refractivity contribution in [3.63, 3.8) is 0 Å². The maximum absolute atomic E-state index is 5.69. The summed E-state index contributed by atoms with van der Waals surface area (Å²) in [6.45, 7) is 6.79. The largest absolute Gasteiger partial charge is 0.379 e. The first-order valence-corrected chi connectivity index (χ1v) is 9.67. The molecule has 1 fully saturated rings. The monoisotopic (exact) mass is 362 g/mol. The number of aliphatic imine (C=N–C) groups is 1. The van der Waals surface area contributed by atoms with Crippen LogP contribution in [0, 0.1) is 0 Å². The summed E-state index contributed by atoms with van der Waals surface area (Å²) in [6, 6.07) is 8.50. The van der Waals surface area contributed by atoms with Gasteiger partial charge in [0, 0.05) is 46.1 Å². The van der Waals surface area contributed by atoms with Crippen LogP contribution in [0.1, 0.15) is 31.7 Å². The van der Waals surface area contributed by atoms with E-state index in [0.29, 0.717) is 12.6 Å². The van der Waals surface area contributed by atoms with Crippen molar-refractivity contribution in [2.75, 3.05) is 51.9 Å². The van der Waals surface area contributed by atoms with Gasteiger partial charge in [0.1, 0.15) is 0 Å². The van der Waals surface area contributed by atoms with Crippen molar-refractivity contribution in [3.05, 3.63) is 29.8 Å². The summed E-state index contributed by atoms with van der Waals surface area (Å²) in [7, 11) is 4.09. The van der Waals surface area contributed by atoms with E-state index in [1.54, 1.807) is 0 Å². The lowest BCUT2D eigenvalue weighted by molar-refractivity contribution is 0.0168. The van der Waals surface area contributed by atoms with E-state index < -0.39 is 0 Å². The first-order chi connectivity index (χ1) is 12.7. The predicted molar refractivity (Wildman–Crippen MR) is 108 cm³/mol. The van der Waals surface area contributed by atoms with Crippen LogP contribution in [0.4, 0.5) is 5.69 Å². The van der Waals surface area contributed by atoms with Gasteiger partial charge in [-0.1, -0.05) is 12.1 Å². The fourth-order valence-electron chi connectivity index (χ4n) is 2.78. The molecule has 1 saturated heterocycles. The van der Waals surface area contributed by atoms with Crippen molar-refractivity contribution in [3.8, 4) is 0 Å². The van der Waals surface area contributed by atoms with Crippen LogP contribution in [0.2, 0.25) is 0 Å². The molecule has 146 valence electrons. The summed E-state index contributed by atoms with van der Waals surface area (Å²) in [6.07, 6.45) is 3.55. The maximum atomic E-state index is 5.69. The minimum atomic E-state index is 0.306. The first-order valence-electron chi connectivity index (χ1n) is 9.67. The number of nitrogens with one attached hydrogen (secondary N) is 2. The Balaban J connectivity index is 1.66. The Morgan fingerprint density at radius 2 is 2.08 bits per heavy atom. The lowest BCUT2D eigenvalue weighted by atomic mass is 10.2. The van der Waals surface area contributed by atoms with Crippen LogP contribution in [0.3, 0.4) is 0 Å². The Bertz CT molecular complexity index is 525. The van der Waals surface area contributed by atoms with E-state index in [2.05, 4.69) is 51.7 Å². The van der Waals surface area contributed by atoms with E-state index in [0.717, 1.165) is 58.1 Å². The molecule has 6 nitrogen and oxygen atoms in total. The maximum Gasteiger partial charge on any atom is 0.191 e. The van der Waals surface area contributed by atoms with E-state index >= 15 is 0 Å². The molecular formula is C20H34N4O2. The first kappa shape index (κ1) is 20.5. The summed E-state index contributed by atoms with van der Waals surface area (Å²) in [4.78, 5) is 6.76. The fraction of sp³-hybridized carbons (Fsp3) is 0.650. The lowest BCUT2D eigenvalue weighted by Gasteiger charge is -2.13. The molecule has 2 rings (SSSR count). The summed E-state index contributed by atoms with van der Waals surface area (Å²) in [5.41, 5.74) is 2.40. The van der Waals surface area contributed by atoms with Crippen LogP contribution in [0.15, 0.2) is 29.3 Å². The molecule has 1 heterocycles. The Hall–Kier alpha value is -1.79. The number of guanidine groups is 1. The highest BCUT2D eigenvalue weighted by molar-refractivity contribution is 5.79. The lowest BCUT2D eigenvalue weighted by Crippen LogP contribution is -2.38. The Morgan fingerprint density at radius 3 is 2.73 bits per heavy atom. The van der Waals surface area contributed by atoms with Gasteiger partial charge in [-0.2, -0.15) is 0 Å². The zero-order chi connectivity index (χ0) is 18.6. The smallest absolute Gasteiger partial charge is 0.191 e. The van der Waals surface area contributed by atoms with Gasteiger partial charge in [-0.05, 0) is 43.9 Å². The van der Waals surface area contributed by atoms with Gasteiger partial charge >= 0.3 is 0 Å². The van der Waals surface area contributed by atoms with Crippen LogP contribution in [-0.4, -0.2) is 59.1 Å². The number of hydrogen-bond donors (Lipinski definition) is 2. The van der Waals surface area contributed by atoms with Gasteiger partial charge in [0.25, 0.3) is 0 Å². The van der Waals surface area contributed by atoms with Crippen molar-refractivity contribution in [1.29, 1.82) is 0 Å². The second kappa shape index (κ2) is 11.8. The average Bonchev–Trinajstić information content (AvgIpc) is 3.16. The predicted octanol–water partition coefficient (Wildman–Crippen LogP) is 2.39. The van der Waals surface area contributed by atoms with Crippen LogP contribution < -0.4 is 15.5 Å². The Labute approximate surface area is 158 Å². The van der Waals surface area contributed by atoms with Gasteiger partial charge in [0.15, 0.2) is 5.96 Å².